The Labute approximate surface area is 181 Å². The van der Waals surface area contributed by atoms with Crippen molar-refractivity contribution in [2.45, 2.75) is 21.4 Å². The van der Waals surface area contributed by atoms with Gasteiger partial charge >= 0.3 is 0 Å². The lowest BCUT2D eigenvalue weighted by molar-refractivity contribution is -0.118. The molecular weight excluding hydrogens is 432 g/mol. The third-order valence-corrected chi connectivity index (χ3v) is 7.04. The first-order valence-corrected chi connectivity index (χ1v) is 11.5. The van der Waals surface area contributed by atoms with E-state index in [1.807, 2.05) is 37.3 Å². The summed E-state index contributed by atoms with van der Waals surface area (Å²) in [5, 5.41) is 13.1. The zero-order chi connectivity index (χ0) is 19.8. The molecule has 0 saturated carbocycles. The van der Waals surface area contributed by atoms with Gasteiger partial charge in [0.25, 0.3) is 5.91 Å². The van der Waals surface area contributed by atoms with Crippen molar-refractivity contribution in [2.24, 2.45) is 5.10 Å². The number of rotatable bonds is 8. The van der Waals surface area contributed by atoms with Crippen LogP contribution < -0.4 is 5.43 Å². The quantitative estimate of drug-likeness (QED) is 0.294. The van der Waals surface area contributed by atoms with Gasteiger partial charge in [0, 0.05) is 10.8 Å². The largest absolute Gasteiger partial charge is 0.272 e. The number of nitrogens with zero attached hydrogens (tertiary/aromatic N) is 3. The van der Waals surface area contributed by atoms with Crippen molar-refractivity contribution in [2.75, 3.05) is 5.75 Å². The first-order valence-electron chi connectivity index (χ1n) is 8.32. The van der Waals surface area contributed by atoms with E-state index in [2.05, 4.69) is 32.9 Å². The van der Waals surface area contributed by atoms with Crippen LogP contribution in [0.15, 0.2) is 68.4 Å². The number of hydrogen-bond acceptors (Lipinski definition) is 7. The van der Waals surface area contributed by atoms with Gasteiger partial charge in [-0.2, -0.15) is 5.10 Å². The Balaban J connectivity index is 1.44. The number of carbonyl (C=O) groups excluding carboxylic acids is 1. The van der Waals surface area contributed by atoms with Gasteiger partial charge in [-0.3, -0.25) is 4.79 Å². The van der Waals surface area contributed by atoms with Crippen LogP contribution in [0.4, 0.5) is 0 Å². The van der Waals surface area contributed by atoms with E-state index in [1.54, 1.807) is 23.9 Å². The molecule has 0 unspecified atom stereocenters. The SMILES string of the molecule is C/C(=N/NC(=O)CSc1nnc(SCc2ccccc2)s1)c1ccc(Cl)cc1. The summed E-state index contributed by atoms with van der Waals surface area (Å²) in [5.74, 6) is 0.890. The molecule has 3 aromatic rings. The minimum absolute atomic E-state index is 0.188. The maximum absolute atomic E-state index is 12.0. The van der Waals surface area contributed by atoms with Crippen molar-refractivity contribution in [3.8, 4) is 0 Å². The lowest BCUT2D eigenvalue weighted by Gasteiger charge is -2.02. The third kappa shape index (κ3) is 6.63. The van der Waals surface area contributed by atoms with E-state index in [0.29, 0.717) is 10.7 Å². The van der Waals surface area contributed by atoms with Gasteiger partial charge < -0.3 is 0 Å². The highest BCUT2D eigenvalue weighted by Gasteiger charge is 2.09. The van der Waals surface area contributed by atoms with Gasteiger partial charge in [-0.25, -0.2) is 5.43 Å². The molecule has 1 aromatic heterocycles. The molecule has 1 N–H and O–H groups in total. The molecular formula is C19H17ClN4OS3. The summed E-state index contributed by atoms with van der Waals surface area (Å²) in [6.45, 7) is 1.83. The maximum atomic E-state index is 12.0. The number of thioether (sulfide) groups is 2. The standard InChI is InChI=1S/C19H17ClN4OS3/c1-13(15-7-9-16(20)10-8-15)21-22-17(25)12-27-19-24-23-18(28-19)26-11-14-5-3-2-4-6-14/h2-10H,11-12H2,1H3,(H,22,25)/b21-13-. The minimum atomic E-state index is -0.188. The monoisotopic (exact) mass is 448 g/mol. The van der Waals surface area contributed by atoms with Crippen molar-refractivity contribution in [3.63, 3.8) is 0 Å². The molecule has 28 heavy (non-hydrogen) atoms. The fourth-order valence-corrected chi connectivity index (χ4v) is 4.99. The van der Waals surface area contributed by atoms with Crippen LogP contribution in [0.25, 0.3) is 0 Å². The van der Waals surface area contributed by atoms with E-state index in [-0.39, 0.29) is 11.7 Å². The van der Waals surface area contributed by atoms with E-state index in [1.165, 1.54) is 28.7 Å². The molecule has 0 saturated heterocycles. The Morgan fingerprint density at radius 1 is 1.07 bits per heavy atom. The van der Waals surface area contributed by atoms with Gasteiger partial charge in [-0.05, 0) is 30.2 Å². The Kier molecular flexibility index (Phi) is 7.90. The number of carbonyl (C=O) groups is 1. The maximum Gasteiger partial charge on any atom is 0.250 e. The Hall–Kier alpha value is -1.87. The molecule has 1 heterocycles. The molecule has 3 rings (SSSR count). The number of benzene rings is 2. The van der Waals surface area contributed by atoms with E-state index in [4.69, 9.17) is 11.6 Å². The second kappa shape index (κ2) is 10.6. The van der Waals surface area contributed by atoms with Crippen LogP contribution in [0.5, 0.6) is 0 Å². The predicted molar refractivity (Wildman–Crippen MR) is 118 cm³/mol. The summed E-state index contributed by atoms with van der Waals surface area (Å²) in [6, 6.07) is 17.5. The van der Waals surface area contributed by atoms with E-state index in [0.717, 1.165) is 20.0 Å². The van der Waals surface area contributed by atoms with Crippen LogP contribution in [0.1, 0.15) is 18.1 Å². The summed E-state index contributed by atoms with van der Waals surface area (Å²) in [6.07, 6.45) is 0. The fraction of sp³-hybridized carbons (Fsp3) is 0.158. The molecule has 0 bridgehead atoms. The lowest BCUT2D eigenvalue weighted by Crippen LogP contribution is -2.21. The molecule has 0 radical (unpaired) electrons. The molecule has 0 aliphatic heterocycles. The normalized spacial score (nSPS) is 11.4. The first kappa shape index (κ1) is 20.9. The van der Waals surface area contributed by atoms with E-state index < -0.39 is 0 Å². The van der Waals surface area contributed by atoms with Crippen molar-refractivity contribution < 1.29 is 4.79 Å². The summed E-state index contributed by atoms with van der Waals surface area (Å²) in [7, 11) is 0. The van der Waals surface area contributed by atoms with Crippen molar-refractivity contribution in [1.29, 1.82) is 0 Å². The molecule has 144 valence electrons. The molecule has 0 aliphatic carbocycles. The fourth-order valence-electron chi connectivity index (χ4n) is 2.09. The van der Waals surface area contributed by atoms with Crippen LogP contribution in [-0.4, -0.2) is 27.6 Å². The van der Waals surface area contributed by atoms with Gasteiger partial charge in [0.2, 0.25) is 0 Å². The third-order valence-electron chi connectivity index (χ3n) is 3.53. The molecule has 0 spiro atoms. The highest BCUT2D eigenvalue weighted by Crippen LogP contribution is 2.30. The average Bonchev–Trinajstić information content (AvgIpc) is 3.18. The number of hydrazone groups is 1. The predicted octanol–water partition coefficient (Wildman–Crippen LogP) is 5.12. The number of aromatic nitrogens is 2. The number of hydrogen-bond donors (Lipinski definition) is 1. The van der Waals surface area contributed by atoms with E-state index in [9.17, 15) is 4.79 Å². The lowest BCUT2D eigenvalue weighted by atomic mass is 10.1. The van der Waals surface area contributed by atoms with Crippen molar-refractivity contribution >= 4 is 58.1 Å². The minimum Gasteiger partial charge on any atom is -0.272 e. The molecule has 0 aliphatic rings. The zero-order valence-corrected chi connectivity index (χ0v) is 18.2. The first-order chi connectivity index (χ1) is 13.6. The highest BCUT2D eigenvalue weighted by atomic mass is 35.5. The highest BCUT2D eigenvalue weighted by molar-refractivity contribution is 8.03. The van der Waals surface area contributed by atoms with Crippen LogP contribution in [0.3, 0.4) is 0 Å². The molecule has 0 atom stereocenters. The second-order valence-electron chi connectivity index (χ2n) is 5.64. The van der Waals surface area contributed by atoms with Crippen molar-refractivity contribution in [3.05, 3.63) is 70.7 Å². The van der Waals surface area contributed by atoms with Crippen LogP contribution >= 0.6 is 46.5 Å². The van der Waals surface area contributed by atoms with Gasteiger partial charge in [-0.15, -0.1) is 10.2 Å². The number of amides is 1. The molecule has 1 amide bonds. The zero-order valence-electron chi connectivity index (χ0n) is 15.0. The topological polar surface area (TPSA) is 67.2 Å². The molecule has 0 fully saturated rings. The van der Waals surface area contributed by atoms with Gasteiger partial charge in [0.1, 0.15) is 0 Å². The van der Waals surface area contributed by atoms with Crippen LogP contribution in [-0.2, 0) is 10.5 Å². The van der Waals surface area contributed by atoms with Gasteiger partial charge in [0.15, 0.2) is 8.68 Å². The second-order valence-corrected chi connectivity index (χ2v) is 9.49. The van der Waals surface area contributed by atoms with Gasteiger partial charge in [-0.1, -0.05) is 88.9 Å². The summed E-state index contributed by atoms with van der Waals surface area (Å²) < 4.78 is 1.66. The van der Waals surface area contributed by atoms with Crippen molar-refractivity contribution in [1.82, 2.24) is 15.6 Å². The smallest absolute Gasteiger partial charge is 0.250 e. The summed E-state index contributed by atoms with van der Waals surface area (Å²) >= 11 is 10.4. The molecule has 2 aromatic carbocycles. The average molecular weight is 449 g/mol. The molecule has 5 nitrogen and oxygen atoms in total. The Morgan fingerprint density at radius 3 is 2.46 bits per heavy atom. The van der Waals surface area contributed by atoms with E-state index >= 15 is 0 Å². The summed E-state index contributed by atoms with van der Waals surface area (Å²) in [5.41, 5.74) is 5.42. The summed E-state index contributed by atoms with van der Waals surface area (Å²) in [4.78, 5) is 12.0. The van der Waals surface area contributed by atoms with Crippen LogP contribution in [0.2, 0.25) is 5.02 Å². The number of nitrogens with one attached hydrogen (secondary N) is 1. The molecule has 9 heteroatoms. The Bertz CT molecular complexity index is 945. The Morgan fingerprint density at radius 2 is 1.75 bits per heavy atom. The van der Waals surface area contributed by atoms with Gasteiger partial charge in [0.05, 0.1) is 11.5 Å². The number of halogens is 1. The van der Waals surface area contributed by atoms with Crippen LogP contribution in [0, 0.1) is 0 Å².